The minimum atomic E-state index is -3.48. The van der Waals surface area contributed by atoms with Crippen LogP contribution in [0.5, 0.6) is 0 Å². The van der Waals surface area contributed by atoms with Gasteiger partial charge in [0.2, 0.25) is 10.0 Å². The van der Waals surface area contributed by atoms with E-state index < -0.39 is 10.0 Å². The molecule has 0 radical (unpaired) electrons. The van der Waals surface area contributed by atoms with Gasteiger partial charge >= 0.3 is 0 Å². The average molecular weight is 324 g/mol. The van der Waals surface area contributed by atoms with Gasteiger partial charge in [0.25, 0.3) is 0 Å². The molecule has 1 aromatic carbocycles. The number of rotatable bonds is 6. The molecule has 0 aliphatic carbocycles. The highest BCUT2D eigenvalue weighted by Gasteiger charge is 2.26. The van der Waals surface area contributed by atoms with Gasteiger partial charge < -0.3 is 5.73 Å². The van der Waals surface area contributed by atoms with Crippen molar-refractivity contribution in [2.45, 2.75) is 24.8 Å². The van der Waals surface area contributed by atoms with E-state index in [1.807, 2.05) is 42.6 Å². The van der Waals surface area contributed by atoms with Crippen molar-refractivity contribution in [1.82, 2.24) is 4.31 Å². The van der Waals surface area contributed by atoms with E-state index in [0.29, 0.717) is 17.9 Å². The monoisotopic (exact) mass is 324 g/mol. The molecule has 2 rings (SSSR count). The summed E-state index contributed by atoms with van der Waals surface area (Å²) in [6.45, 7) is 2.51. The van der Waals surface area contributed by atoms with Crippen molar-refractivity contribution >= 4 is 21.4 Å². The first-order valence-electron chi connectivity index (χ1n) is 6.74. The maximum atomic E-state index is 12.7. The smallest absolute Gasteiger partial charge is 0.244 e. The molecule has 0 saturated carbocycles. The second-order valence-corrected chi connectivity index (χ2v) is 7.88. The van der Waals surface area contributed by atoms with Crippen molar-refractivity contribution in [2.75, 3.05) is 13.6 Å². The van der Waals surface area contributed by atoms with E-state index in [-0.39, 0.29) is 6.54 Å². The van der Waals surface area contributed by atoms with Gasteiger partial charge in [-0.1, -0.05) is 30.3 Å². The van der Waals surface area contributed by atoms with Gasteiger partial charge in [-0.15, -0.1) is 11.3 Å². The van der Waals surface area contributed by atoms with Crippen molar-refractivity contribution in [3.8, 4) is 0 Å². The standard InChI is InChI=1S/C15H20N2O2S2/c1-12-11-20-14(10-16)15(12)21(18,19)17(2)9-8-13-6-4-3-5-7-13/h3-7,11H,8-10,16H2,1-2H3. The van der Waals surface area contributed by atoms with Gasteiger partial charge in [-0.2, -0.15) is 0 Å². The molecule has 21 heavy (non-hydrogen) atoms. The minimum Gasteiger partial charge on any atom is -0.326 e. The van der Waals surface area contributed by atoms with Crippen molar-refractivity contribution in [2.24, 2.45) is 5.73 Å². The molecule has 114 valence electrons. The fourth-order valence-electron chi connectivity index (χ4n) is 2.18. The summed E-state index contributed by atoms with van der Waals surface area (Å²) in [4.78, 5) is 1.10. The normalized spacial score (nSPS) is 12.0. The summed E-state index contributed by atoms with van der Waals surface area (Å²) in [5.74, 6) is 0. The van der Waals surface area contributed by atoms with Gasteiger partial charge in [0.05, 0.1) is 0 Å². The second-order valence-electron chi connectivity index (χ2n) is 4.94. The summed E-state index contributed by atoms with van der Waals surface area (Å²) in [6.07, 6.45) is 0.692. The third kappa shape index (κ3) is 3.52. The lowest BCUT2D eigenvalue weighted by Gasteiger charge is -2.18. The molecule has 6 heteroatoms. The third-order valence-corrected chi connectivity index (χ3v) is 6.74. The number of sulfonamides is 1. The molecule has 0 saturated heterocycles. The zero-order valence-electron chi connectivity index (χ0n) is 12.2. The quantitative estimate of drug-likeness (QED) is 0.887. The van der Waals surface area contributed by atoms with Crippen LogP contribution in [0.4, 0.5) is 0 Å². The molecule has 1 heterocycles. The highest BCUT2D eigenvalue weighted by Crippen LogP contribution is 2.28. The molecule has 2 N–H and O–H groups in total. The van der Waals surface area contributed by atoms with Crippen LogP contribution in [-0.4, -0.2) is 26.3 Å². The van der Waals surface area contributed by atoms with Crippen LogP contribution in [0, 0.1) is 6.92 Å². The van der Waals surface area contributed by atoms with Crippen molar-refractivity contribution in [3.63, 3.8) is 0 Å². The van der Waals surface area contributed by atoms with Crippen molar-refractivity contribution < 1.29 is 8.42 Å². The first-order chi connectivity index (χ1) is 9.96. The molecule has 0 bridgehead atoms. The van der Waals surface area contributed by atoms with Crippen LogP contribution in [0.3, 0.4) is 0 Å². The largest absolute Gasteiger partial charge is 0.326 e. The van der Waals surface area contributed by atoms with Crippen LogP contribution >= 0.6 is 11.3 Å². The average Bonchev–Trinajstić information content (AvgIpc) is 2.87. The Bertz CT molecular complexity index is 694. The highest BCUT2D eigenvalue weighted by atomic mass is 32.2. The van der Waals surface area contributed by atoms with Crippen molar-refractivity contribution in [3.05, 3.63) is 51.7 Å². The Kier molecular flexibility index (Phi) is 5.16. The van der Waals surface area contributed by atoms with E-state index in [1.165, 1.54) is 15.6 Å². The Labute approximate surface area is 130 Å². The van der Waals surface area contributed by atoms with Gasteiger partial charge in [0, 0.05) is 25.0 Å². The van der Waals surface area contributed by atoms with E-state index in [9.17, 15) is 8.42 Å². The van der Waals surface area contributed by atoms with E-state index in [0.717, 1.165) is 16.0 Å². The van der Waals surface area contributed by atoms with Crippen LogP contribution in [-0.2, 0) is 23.0 Å². The van der Waals surface area contributed by atoms with Gasteiger partial charge in [-0.3, -0.25) is 0 Å². The molecule has 0 spiro atoms. The molecule has 1 aromatic heterocycles. The number of hydrogen-bond acceptors (Lipinski definition) is 4. The van der Waals surface area contributed by atoms with Crippen LogP contribution in [0.1, 0.15) is 16.0 Å². The highest BCUT2D eigenvalue weighted by molar-refractivity contribution is 7.89. The second kappa shape index (κ2) is 6.70. The lowest BCUT2D eigenvalue weighted by molar-refractivity contribution is 0.471. The topological polar surface area (TPSA) is 63.4 Å². The number of nitrogens with zero attached hydrogens (tertiary/aromatic N) is 1. The summed E-state index contributed by atoms with van der Waals surface area (Å²) in [7, 11) is -1.85. The number of hydrogen-bond donors (Lipinski definition) is 1. The Hall–Kier alpha value is -1.21. The Morgan fingerprint density at radius 1 is 1.24 bits per heavy atom. The molecule has 0 amide bonds. The third-order valence-electron chi connectivity index (χ3n) is 3.40. The Morgan fingerprint density at radius 3 is 2.52 bits per heavy atom. The predicted octanol–water partition coefficient (Wildman–Crippen LogP) is 2.38. The zero-order valence-corrected chi connectivity index (χ0v) is 13.9. The summed E-state index contributed by atoms with van der Waals surface area (Å²) in [5.41, 5.74) is 7.55. The zero-order chi connectivity index (χ0) is 15.5. The van der Waals surface area contributed by atoms with E-state index in [4.69, 9.17) is 5.73 Å². The van der Waals surface area contributed by atoms with Crippen LogP contribution < -0.4 is 5.73 Å². The summed E-state index contributed by atoms with van der Waals surface area (Å²) in [6, 6.07) is 9.87. The van der Waals surface area contributed by atoms with Gasteiger partial charge in [-0.25, -0.2) is 12.7 Å². The molecular formula is C15H20N2O2S2. The maximum Gasteiger partial charge on any atom is 0.244 e. The lowest BCUT2D eigenvalue weighted by Crippen LogP contribution is -2.30. The Morgan fingerprint density at radius 2 is 1.90 bits per heavy atom. The number of thiophene rings is 1. The predicted molar refractivity (Wildman–Crippen MR) is 86.9 cm³/mol. The maximum absolute atomic E-state index is 12.7. The van der Waals surface area contributed by atoms with E-state index >= 15 is 0 Å². The number of benzene rings is 1. The Balaban J connectivity index is 2.17. The van der Waals surface area contributed by atoms with E-state index in [1.54, 1.807) is 7.05 Å². The number of aryl methyl sites for hydroxylation is 1. The van der Waals surface area contributed by atoms with E-state index in [2.05, 4.69) is 0 Å². The molecule has 0 aliphatic heterocycles. The van der Waals surface area contributed by atoms with Crippen molar-refractivity contribution in [1.29, 1.82) is 0 Å². The number of nitrogens with two attached hydrogens (primary N) is 1. The summed E-state index contributed by atoms with van der Waals surface area (Å²) >= 11 is 1.40. The summed E-state index contributed by atoms with van der Waals surface area (Å²) < 4.78 is 26.8. The minimum absolute atomic E-state index is 0.250. The fraction of sp³-hybridized carbons (Fsp3) is 0.333. The van der Waals surface area contributed by atoms with Gasteiger partial charge in [0.1, 0.15) is 4.90 Å². The molecule has 2 aromatic rings. The molecule has 4 nitrogen and oxygen atoms in total. The summed E-state index contributed by atoms with van der Waals surface area (Å²) in [5, 5.41) is 1.85. The number of likely N-dealkylation sites (N-methyl/N-ethyl adjacent to an activating group) is 1. The first-order valence-corrected chi connectivity index (χ1v) is 9.06. The molecule has 0 atom stereocenters. The SMILES string of the molecule is Cc1csc(CN)c1S(=O)(=O)N(C)CCc1ccccc1. The van der Waals surface area contributed by atoms with Gasteiger partial charge in [-0.05, 0) is 29.9 Å². The fourth-order valence-corrected chi connectivity index (χ4v) is 5.00. The lowest BCUT2D eigenvalue weighted by atomic mass is 10.2. The molecule has 0 fully saturated rings. The molecular weight excluding hydrogens is 304 g/mol. The van der Waals surface area contributed by atoms with Crippen LogP contribution in [0.15, 0.2) is 40.6 Å². The van der Waals surface area contributed by atoms with Gasteiger partial charge in [0.15, 0.2) is 0 Å². The molecule has 0 aliphatic rings. The first kappa shape index (κ1) is 16.2. The van der Waals surface area contributed by atoms with Crippen LogP contribution in [0.2, 0.25) is 0 Å². The van der Waals surface area contributed by atoms with Crippen LogP contribution in [0.25, 0.3) is 0 Å². The molecule has 0 unspecified atom stereocenters.